The molecule has 130 valence electrons. The Bertz CT molecular complexity index is 822. The van der Waals surface area contributed by atoms with Crippen LogP contribution < -0.4 is 15.5 Å². The molecule has 2 aliphatic heterocycles. The maximum Gasteiger partial charge on any atom is 0.255 e. The van der Waals surface area contributed by atoms with Crippen LogP contribution in [0, 0.1) is 0 Å². The molecule has 0 aliphatic carbocycles. The van der Waals surface area contributed by atoms with Crippen molar-refractivity contribution in [2.24, 2.45) is 0 Å². The predicted octanol–water partition coefficient (Wildman–Crippen LogP) is 3.09. The van der Waals surface area contributed by atoms with Gasteiger partial charge in [0.1, 0.15) is 0 Å². The van der Waals surface area contributed by atoms with Gasteiger partial charge in [0, 0.05) is 43.0 Å². The van der Waals surface area contributed by atoms with Gasteiger partial charge in [-0.3, -0.25) is 9.59 Å². The van der Waals surface area contributed by atoms with Gasteiger partial charge >= 0.3 is 0 Å². The Morgan fingerprint density at radius 2 is 1.92 bits per heavy atom. The second-order valence-corrected chi connectivity index (χ2v) is 6.24. The van der Waals surface area contributed by atoms with Crippen LogP contribution in [0.5, 0.6) is 0 Å². The van der Waals surface area contributed by atoms with Crippen molar-refractivity contribution in [3.05, 3.63) is 59.2 Å². The van der Waals surface area contributed by atoms with E-state index in [9.17, 15) is 9.59 Å². The fraction of sp³-hybridized carbons (Fsp3) is 0.263. The predicted molar refractivity (Wildman–Crippen MR) is 100 cm³/mol. The molecule has 25 heavy (non-hydrogen) atoms. The van der Waals surface area contributed by atoms with E-state index in [1.807, 2.05) is 42.5 Å². The number of anilines is 2. The van der Waals surface area contributed by atoms with Crippen LogP contribution in [0.2, 0.25) is 0 Å². The Labute approximate surface area is 152 Å². The average Bonchev–Trinajstić information content (AvgIpc) is 3.22. The van der Waals surface area contributed by atoms with Gasteiger partial charge in [-0.2, -0.15) is 0 Å². The zero-order valence-electron chi connectivity index (χ0n) is 13.7. The van der Waals surface area contributed by atoms with Gasteiger partial charge in [-0.1, -0.05) is 12.1 Å². The fourth-order valence-corrected chi connectivity index (χ4v) is 3.31. The molecule has 0 unspecified atom stereocenters. The molecule has 6 heteroatoms. The van der Waals surface area contributed by atoms with E-state index in [4.69, 9.17) is 0 Å². The smallest absolute Gasteiger partial charge is 0.255 e. The van der Waals surface area contributed by atoms with E-state index in [2.05, 4.69) is 10.6 Å². The molecule has 1 fully saturated rings. The number of nitrogens with one attached hydrogen (secondary N) is 2. The first-order chi connectivity index (χ1) is 11.7. The van der Waals surface area contributed by atoms with Crippen molar-refractivity contribution in [1.29, 1.82) is 0 Å². The number of fused-ring (bicyclic) bond motifs is 1. The number of rotatable bonds is 3. The lowest BCUT2D eigenvalue weighted by atomic mass is 10.1. The van der Waals surface area contributed by atoms with Gasteiger partial charge in [-0.05, 0) is 47.9 Å². The highest BCUT2D eigenvalue weighted by molar-refractivity contribution is 6.05. The van der Waals surface area contributed by atoms with Crippen molar-refractivity contribution < 1.29 is 9.59 Å². The van der Waals surface area contributed by atoms with Crippen molar-refractivity contribution in [3.8, 4) is 0 Å². The highest BCUT2D eigenvalue weighted by Crippen LogP contribution is 2.25. The van der Waals surface area contributed by atoms with Gasteiger partial charge in [0.2, 0.25) is 5.91 Å². The molecule has 0 saturated carbocycles. The Balaban J connectivity index is 0.00000182. The van der Waals surface area contributed by atoms with Gasteiger partial charge in [0.25, 0.3) is 5.91 Å². The van der Waals surface area contributed by atoms with Crippen LogP contribution in [0.25, 0.3) is 0 Å². The molecule has 0 aromatic heterocycles. The molecule has 0 spiro atoms. The van der Waals surface area contributed by atoms with Gasteiger partial charge in [-0.15, -0.1) is 12.4 Å². The number of benzene rings is 2. The van der Waals surface area contributed by atoms with Crippen LogP contribution >= 0.6 is 12.4 Å². The van der Waals surface area contributed by atoms with E-state index in [0.29, 0.717) is 17.7 Å². The minimum Gasteiger partial charge on any atom is -0.322 e. The van der Waals surface area contributed by atoms with Gasteiger partial charge in [0.05, 0.1) is 0 Å². The highest BCUT2D eigenvalue weighted by Gasteiger charge is 2.22. The van der Waals surface area contributed by atoms with Crippen molar-refractivity contribution in [1.82, 2.24) is 5.32 Å². The van der Waals surface area contributed by atoms with Crippen LogP contribution in [-0.4, -0.2) is 18.4 Å². The molecule has 0 bridgehead atoms. The minimum atomic E-state index is -0.130. The first kappa shape index (κ1) is 17.5. The molecule has 0 atom stereocenters. The van der Waals surface area contributed by atoms with Crippen LogP contribution in [0.15, 0.2) is 42.5 Å². The van der Waals surface area contributed by atoms with Crippen molar-refractivity contribution in [3.63, 3.8) is 0 Å². The van der Waals surface area contributed by atoms with Crippen LogP contribution in [0.3, 0.4) is 0 Å². The summed E-state index contributed by atoms with van der Waals surface area (Å²) in [4.78, 5) is 26.1. The SMILES string of the molecule is Cl.O=C(Nc1cccc(N2CCCC2=O)c1)c1ccc2c(c1)CNC2. The normalized spacial score (nSPS) is 15.7. The summed E-state index contributed by atoms with van der Waals surface area (Å²) in [6.07, 6.45) is 1.48. The van der Waals surface area contributed by atoms with Gasteiger partial charge < -0.3 is 15.5 Å². The number of hydrogen-bond donors (Lipinski definition) is 2. The second-order valence-electron chi connectivity index (χ2n) is 6.24. The Hall–Kier alpha value is -2.37. The summed E-state index contributed by atoms with van der Waals surface area (Å²) in [5, 5.41) is 6.21. The van der Waals surface area contributed by atoms with Crippen molar-refractivity contribution >= 4 is 35.6 Å². The third-order valence-corrected chi connectivity index (χ3v) is 4.59. The van der Waals surface area contributed by atoms with E-state index < -0.39 is 0 Å². The van der Waals surface area contributed by atoms with Gasteiger partial charge in [0.15, 0.2) is 0 Å². The molecule has 2 amide bonds. The summed E-state index contributed by atoms with van der Waals surface area (Å²) >= 11 is 0. The molecule has 2 N–H and O–H groups in total. The summed E-state index contributed by atoms with van der Waals surface area (Å²) in [6.45, 7) is 2.42. The van der Waals surface area contributed by atoms with E-state index in [0.717, 1.165) is 31.7 Å². The average molecular weight is 358 g/mol. The quantitative estimate of drug-likeness (QED) is 0.887. The van der Waals surface area contributed by atoms with E-state index >= 15 is 0 Å². The Kier molecular flexibility index (Phi) is 5.06. The Morgan fingerprint density at radius 1 is 1.08 bits per heavy atom. The molecular weight excluding hydrogens is 338 g/mol. The van der Waals surface area contributed by atoms with Crippen molar-refractivity contribution in [2.75, 3.05) is 16.8 Å². The lowest BCUT2D eigenvalue weighted by molar-refractivity contribution is -0.117. The molecule has 2 heterocycles. The summed E-state index contributed by atoms with van der Waals surface area (Å²) < 4.78 is 0. The standard InChI is InChI=1S/C19H19N3O2.ClH/c23-18-5-2-8-22(18)17-4-1-3-16(10-17)21-19(24)13-6-7-14-11-20-12-15(14)9-13;/h1,3-4,6-7,9-10,20H,2,5,8,11-12H2,(H,21,24);1H. The lowest BCUT2D eigenvalue weighted by Gasteiger charge is -2.16. The maximum atomic E-state index is 12.5. The molecule has 2 aliphatic rings. The summed E-state index contributed by atoms with van der Waals surface area (Å²) in [5.74, 6) is 0.0131. The third kappa shape index (κ3) is 3.52. The number of carbonyl (C=O) groups excluding carboxylic acids is 2. The number of amides is 2. The summed E-state index contributed by atoms with van der Waals surface area (Å²) in [5.41, 5.74) is 4.63. The molecule has 5 nitrogen and oxygen atoms in total. The summed E-state index contributed by atoms with van der Waals surface area (Å²) in [6, 6.07) is 13.3. The largest absolute Gasteiger partial charge is 0.322 e. The summed E-state index contributed by atoms with van der Waals surface area (Å²) in [7, 11) is 0. The number of carbonyl (C=O) groups is 2. The zero-order chi connectivity index (χ0) is 16.5. The first-order valence-electron chi connectivity index (χ1n) is 8.25. The van der Waals surface area contributed by atoms with Crippen LogP contribution in [0.1, 0.15) is 34.3 Å². The number of nitrogens with zero attached hydrogens (tertiary/aromatic N) is 1. The molecule has 2 aromatic rings. The zero-order valence-corrected chi connectivity index (χ0v) is 14.6. The molecule has 1 saturated heterocycles. The monoisotopic (exact) mass is 357 g/mol. The van der Waals surface area contributed by atoms with Crippen molar-refractivity contribution in [2.45, 2.75) is 25.9 Å². The molecule has 2 aromatic carbocycles. The highest BCUT2D eigenvalue weighted by atomic mass is 35.5. The van der Waals surface area contributed by atoms with Crippen LogP contribution in [0.4, 0.5) is 11.4 Å². The molecule has 4 rings (SSSR count). The first-order valence-corrected chi connectivity index (χ1v) is 8.25. The van der Waals surface area contributed by atoms with E-state index in [1.165, 1.54) is 11.1 Å². The minimum absolute atomic E-state index is 0. The Morgan fingerprint density at radius 3 is 2.72 bits per heavy atom. The topological polar surface area (TPSA) is 61.4 Å². The number of hydrogen-bond acceptors (Lipinski definition) is 3. The van der Waals surface area contributed by atoms with E-state index in [1.54, 1.807) is 4.90 Å². The molecular formula is C19H20ClN3O2. The lowest BCUT2D eigenvalue weighted by Crippen LogP contribution is -2.23. The fourth-order valence-electron chi connectivity index (χ4n) is 3.31. The third-order valence-electron chi connectivity index (χ3n) is 4.59. The second kappa shape index (κ2) is 7.25. The maximum absolute atomic E-state index is 12.5. The molecule has 0 radical (unpaired) electrons. The van der Waals surface area contributed by atoms with Gasteiger partial charge in [-0.25, -0.2) is 0 Å². The van der Waals surface area contributed by atoms with Crippen LogP contribution in [-0.2, 0) is 17.9 Å². The van der Waals surface area contributed by atoms with E-state index in [-0.39, 0.29) is 24.2 Å². The number of halogens is 1.